The van der Waals surface area contributed by atoms with Crippen molar-refractivity contribution >= 4 is 16.9 Å². The number of imidazole rings is 1. The van der Waals surface area contributed by atoms with E-state index < -0.39 is 4.92 Å². The average Bonchev–Trinajstić information content (AvgIpc) is 3.24. The standard InChI is InChI=1S/C19H21N5O4/c1-4-15-11(2)12(3)19(28-15)23-10-22-16-17(23)20-9-21-18(16)27-14-7-5-13(6-8-14)24(25)26/h5-12,15,19H,4H2,1-3H3/t11?,12-,15+,19+/m0/s1. The number of fused-ring (bicyclic) bond motifs is 1. The summed E-state index contributed by atoms with van der Waals surface area (Å²) in [7, 11) is 0. The second kappa shape index (κ2) is 7.16. The number of hydrogen-bond donors (Lipinski definition) is 0. The molecule has 1 aromatic carbocycles. The summed E-state index contributed by atoms with van der Waals surface area (Å²) in [5.41, 5.74) is 1.15. The second-order valence-corrected chi connectivity index (χ2v) is 7.05. The monoisotopic (exact) mass is 383 g/mol. The van der Waals surface area contributed by atoms with E-state index in [0.29, 0.717) is 34.6 Å². The van der Waals surface area contributed by atoms with E-state index in [1.807, 2.05) is 4.57 Å². The van der Waals surface area contributed by atoms with Gasteiger partial charge < -0.3 is 9.47 Å². The predicted molar refractivity (Wildman–Crippen MR) is 101 cm³/mol. The molecule has 1 unspecified atom stereocenters. The molecule has 0 aliphatic carbocycles. The van der Waals surface area contributed by atoms with Crippen molar-refractivity contribution in [3.8, 4) is 11.6 Å². The Morgan fingerprint density at radius 3 is 2.57 bits per heavy atom. The SMILES string of the molecule is CC[C@H]1O[C@@H](n2cnc3c(Oc4ccc([N+](=O)[O-])cc4)ncnc32)[C@@H](C)C1C. The summed E-state index contributed by atoms with van der Waals surface area (Å²) in [4.78, 5) is 23.3. The van der Waals surface area contributed by atoms with Crippen LogP contribution in [0.2, 0.25) is 0 Å². The van der Waals surface area contributed by atoms with Crippen molar-refractivity contribution in [2.75, 3.05) is 0 Å². The summed E-state index contributed by atoms with van der Waals surface area (Å²) in [5.74, 6) is 1.48. The Hall–Kier alpha value is -3.07. The Bertz CT molecular complexity index is 1000. The molecule has 1 fully saturated rings. The predicted octanol–water partition coefficient (Wildman–Crippen LogP) is 4.11. The van der Waals surface area contributed by atoms with Crippen molar-refractivity contribution in [3.05, 3.63) is 47.0 Å². The van der Waals surface area contributed by atoms with Crippen molar-refractivity contribution < 1.29 is 14.4 Å². The highest BCUT2D eigenvalue weighted by Crippen LogP contribution is 2.41. The Balaban J connectivity index is 1.65. The van der Waals surface area contributed by atoms with Gasteiger partial charge in [0.25, 0.3) is 11.6 Å². The molecule has 4 atom stereocenters. The maximum Gasteiger partial charge on any atom is 0.269 e. The Kier molecular flexibility index (Phi) is 4.68. The van der Waals surface area contributed by atoms with E-state index in [0.717, 1.165) is 6.42 Å². The van der Waals surface area contributed by atoms with Gasteiger partial charge in [-0.2, -0.15) is 4.98 Å². The molecule has 2 aromatic heterocycles. The minimum atomic E-state index is -0.457. The zero-order valence-corrected chi connectivity index (χ0v) is 15.8. The number of aromatic nitrogens is 4. The van der Waals surface area contributed by atoms with Crippen molar-refractivity contribution in [1.29, 1.82) is 0 Å². The van der Waals surface area contributed by atoms with Crippen LogP contribution in [0.3, 0.4) is 0 Å². The van der Waals surface area contributed by atoms with Gasteiger partial charge in [0.1, 0.15) is 18.3 Å². The van der Waals surface area contributed by atoms with Crippen LogP contribution in [-0.4, -0.2) is 30.5 Å². The number of nitrogens with zero attached hydrogens (tertiary/aromatic N) is 5. The lowest BCUT2D eigenvalue weighted by atomic mass is 9.91. The fraction of sp³-hybridized carbons (Fsp3) is 0.421. The Labute approximate surface area is 161 Å². The van der Waals surface area contributed by atoms with Gasteiger partial charge in [-0.15, -0.1) is 0 Å². The first kappa shape index (κ1) is 18.3. The molecular weight excluding hydrogens is 362 g/mol. The van der Waals surface area contributed by atoms with E-state index >= 15 is 0 Å². The smallest absolute Gasteiger partial charge is 0.269 e. The summed E-state index contributed by atoms with van der Waals surface area (Å²) in [6.45, 7) is 6.50. The first-order chi connectivity index (χ1) is 13.5. The molecule has 0 N–H and O–H groups in total. The van der Waals surface area contributed by atoms with Crippen LogP contribution in [0.1, 0.15) is 33.4 Å². The molecule has 0 radical (unpaired) electrons. The third-order valence-corrected chi connectivity index (χ3v) is 5.44. The number of ether oxygens (including phenoxy) is 2. The topological polar surface area (TPSA) is 105 Å². The lowest BCUT2D eigenvalue weighted by molar-refractivity contribution is -0.384. The van der Waals surface area contributed by atoms with Crippen molar-refractivity contribution in [1.82, 2.24) is 19.5 Å². The number of nitro benzene ring substituents is 1. The highest BCUT2D eigenvalue weighted by atomic mass is 16.6. The molecule has 0 amide bonds. The van der Waals surface area contributed by atoms with Gasteiger partial charge in [-0.25, -0.2) is 9.97 Å². The van der Waals surface area contributed by atoms with Crippen LogP contribution in [0.25, 0.3) is 11.2 Å². The highest BCUT2D eigenvalue weighted by molar-refractivity contribution is 5.76. The largest absolute Gasteiger partial charge is 0.437 e. The quantitative estimate of drug-likeness (QED) is 0.482. The number of benzene rings is 1. The van der Waals surface area contributed by atoms with Crippen LogP contribution < -0.4 is 4.74 Å². The van der Waals surface area contributed by atoms with Crippen LogP contribution >= 0.6 is 0 Å². The number of hydrogen-bond acceptors (Lipinski definition) is 7. The Morgan fingerprint density at radius 1 is 1.18 bits per heavy atom. The van der Waals surface area contributed by atoms with E-state index in [1.165, 1.54) is 30.6 Å². The van der Waals surface area contributed by atoms with Crippen molar-refractivity contribution in [2.24, 2.45) is 11.8 Å². The van der Waals surface area contributed by atoms with Gasteiger partial charge in [0.2, 0.25) is 0 Å². The molecule has 9 nitrogen and oxygen atoms in total. The lowest BCUT2D eigenvalue weighted by Crippen LogP contribution is -2.15. The molecule has 1 saturated heterocycles. The van der Waals surface area contributed by atoms with Gasteiger partial charge in [0.05, 0.1) is 17.4 Å². The van der Waals surface area contributed by atoms with Crippen LogP contribution in [0, 0.1) is 22.0 Å². The maximum absolute atomic E-state index is 10.8. The van der Waals surface area contributed by atoms with Gasteiger partial charge in [-0.05, 0) is 24.5 Å². The summed E-state index contributed by atoms with van der Waals surface area (Å²) in [6, 6.07) is 5.82. The van der Waals surface area contributed by atoms with Gasteiger partial charge in [-0.1, -0.05) is 20.8 Å². The molecule has 9 heteroatoms. The maximum atomic E-state index is 10.8. The normalized spacial score (nSPS) is 24.5. The van der Waals surface area contributed by atoms with Crippen LogP contribution in [-0.2, 0) is 4.74 Å². The summed E-state index contributed by atoms with van der Waals surface area (Å²) >= 11 is 0. The number of non-ortho nitro benzene ring substituents is 1. The molecule has 3 heterocycles. The van der Waals surface area contributed by atoms with E-state index in [1.54, 1.807) is 6.33 Å². The minimum Gasteiger partial charge on any atom is -0.437 e. The van der Waals surface area contributed by atoms with E-state index in [4.69, 9.17) is 9.47 Å². The van der Waals surface area contributed by atoms with Gasteiger partial charge in [-0.3, -0.25) is 14.7 Å². The lowest BCUT2D eigenvalue weighted by Gasteiger charge is -2.18. The number of rotatable bonds is 5. The summed E-state index contributed by atoms with van der Waals surface area (Å²) < 4.78 is 14.0. The zero-order chi connectivity index (χ0) is 19.8. The van der Waals surface area contributed by atoms with Gasteiger partial charge in [0.15, 0.2) is 11.2 Å². The van der Waals surface area contributed by atoms with E-state index in [9.17, 15) is 10.1 Å². The summed E-state index contributed by atoms with van der Waals surface area (Å²) in [5, 5.41) is 10.8. The number of nitro groups is 1. The average molecular weight is 383 g/mol. The molecule has 0 saturated carbocycles. The molecule has 1 aliphatic rings. The minimum absolute atomic E-state index is 0.00331. The van der Waals surface area contributed by atoms with Gasteiger partial charge >= 0.3 is 0 Å². The van der Waals surface area contributed by atoms with Crippen LogP contribution in [0.5, 0.6) is 11.6 Å². The van der Waals surface area contributed by atoms with Crippen molar-refractivity contribution in [3.63, 3.8) is 0 Å². The molecule has 0 spiro atoms. The van der Waals surface area contributed by atoms with Crippen LogP contribution in [0.4, 0.5) is 5.69 Å². The molecule has 146 valence electrons. The molecule has 4 rings (SSSR count). The summed E-state index contributed by atoms with van der Waals surface area (Å²) in [6.07, 6.45) is 4.13. The fourth-order valence-electron chi connectivity index (χ4n) is 3.65. The fourth-order valence-corrected chi connectivity index (χ4v) is 3.65. The zero-order valence-electron chi connectivity index (χ0n) is 15.8. The van der Waals surface area contributed by atoms with Crippen molar-refractivity contribution in [2.45, 2.75) is 39.5 Å². The first-order valence-electron chi connectivity index (χ1n) is 9.25. The third-order valence-electron chi connectivity index (χ3n) is 5.44. The molecule has 0 bridgehead atoms. The first-order valence-corrected chi connectivity index (χ1v) is 9.25. The molecule has 1 aliphatic heterocycles. The van der Waals surface area contributed by atoms with Crippen LogP contribution in [0.15, 0.2) is 36.9 Å². The van der Waals surface area contributed by atoms with E-state index in [-0.39, 0.29) is 18.0 Å². The van der Waals surface area contributed by atoms with E-state index in [2.05, 4.69) is 35.7 Å². The Morgan fingerprint density at radius 2 is 1.93 bits per heavy atom. The highest BCUT2D eigenvalue weighted by Gasteiger charge is 2.39. The third kappa shape index (κ3) is 3.07. The molecule has 3 aromatic rings. The molecular formula is C19H21N5O4. The molecule has 28 heavy (non-hydrogen) atoms. The second-order valence-electron chi connectivity index (χ2n) is 7.05. The van der Waals surface area contributed by atoms with Gasteiger partial charge in [0, 0.05) is 18.1 Å².